The van der Waals surface area contributed by atoms with Crippen LogP contribution < -0.4 is 16.7 Å². The van der Waals surface area contributed by atoms with Crippen LogP contribution in [0.15, 0.2) is 43.1 Å². The van der Waals surface area contributed by atoms with Crippen LogP contribution in [0.1, 0.15) is 5.56 Å². The van der Waals surface area contributed by atoms with Crippen LogP contribution in [0, 0.1) is 11.3 Å². The monoisotopic (exact) mass is 386 g/mol. The van der Waals surface area contributed by atoms with Gasteiger partial charge < -0.3 is 4.98 Å². The summed E-state index contributed by atoms with van der Waals surface area (Å²) < 4.78 is 2.87. The highest BCUT2D eigenvalue weighted by molar-refractivity contribution is 9.10. The Kier molecular flexibility index (Phi) is 3.73. The molecule has 7 nitrogen and oxygen atoms in total. The molecule has 0 unspecified atom stereocenters. The van der Waals surface area contributed by atoms with Crippen LogP contribution in [-0.4, -0.2) is 14.1 Å². The summed E-state index contributed by atoms with van der Waals surface area (Å²) in [7, 11) is 2.75. The molecule has 24 heavy (non-hydrogen) atoms. The normalized spacial score (nSPS) is 10.8. The quantitative estimate of drug-likeness (QED) is 0.679. The summed E-state index contributed by atoms with van der Waals surface area (Å²) in [6.07, 6.45) is 0. The van der Waals surface area contributed by atoms with Crippen molar-refractivity contribution in [3.8, 4) is 17.3 Å². The molecule has 0 saturated heterocycles. The van der Waals surface area contributed by atoms with Crippen LogP contribution in [0.3, 0.4) is 0 Å². The third-order valence-corrected chi connectivity index (χ3v) is 4.39. The number of nitrogens with zero attached hydrogens (tertiary/aromatic N) is 3. The maximum atomic E-state index is 12.7. The Morgan fingerprint density at radius 2 is 1.71 bits per heavy atom. The van der Waals surface area contributed by atoms with Crippen LogP contribution in [0.25, 0.3) is 22.3 Å². The summed E-state index contributed by atoms with van der Waals surface area (Å²) in [5.74, 6) is 0. The zero-order valence-electron chi connectivity index (χ0n) is 12.8. The van der Waals surface area contributed by atoms with E-state index in [9.17, 15) is 19.6 Å². The molecule has 0 amide bonds. The topological polar surface area (TPSA) is 101 Å². The Morgan fingerprint density at radius 1 is 1.08 bits per heavy atom. The van der Waals surface area contributed by atoms with E-state index in [-0.39, 0.29) is 22.3 Å². The van der Waals surface area contributed by atoms with Crippen molar-refractivity contribution in [3.05, 3.63) is 65.4 Å². The van der Waals surface area contributed by atoms with Gasteiger partial charge in [-0.2, -0.15) is 5.26 Å². The second kappa shape index (κ2) is 5.62. The molecule has 0 aliphatic rings. The van der Waals surface area contributed by atoms with Crippen LogP contribution in [0.4, 0.5) is 0 Å². The van der Waals surface area contributed by atoms with Crippen molar-refractivity contribution in [2.75, 3.05) is 0 Å². The number of rotatable bonds is 1. The van der Waals surface area contributed by atoms with E-state index in [1.807, 2.05) is 6.07 Å². The van der Waals surface area contributed by atoms with Crippen molar-refractivity contribution < 1.29 is 0 Å². The fourth-order valence-electron chi connectivity index (χ4n) is 2.55. The van der Waals surface area contributed by atoms with Gasteiger partial charge in [0.2, 0.25) is 5.43 Å². The number of nitrogens with one attached hydrogen (secondary N) is 1. The van der Waals surface area contributed by atoms with E-state index in [4.69, 9.17) is 0 Å². The number of halogens is 1. The lowest BCUT2D eigenvalue weighted by Crippen LogP contribution is -2.39. The summed E-state index contributed by atoms with van der Waals surface area (Å²) in [5.41, 5.74) is -1.19. The van der Waals surface area contributed by atoms with E-state index >= 15 is 0 Å². The van der Waals surface area contributed by atoms with Crippen molar-refractivity contribution in [3.63, 3.8) is 0 Å². The molecule has 0 radical (unpaired) electrons. The number of aromatic nitrogens is 3. The lowest BCUT2D eigenvalue weighted by atomic mass is 10.0. The van der Waals surface area contributed by atoms with Crippen LogP contribution in [0.2, 0.25) is 0 Å². The Labute approximate surface area is 143 Å². The molecule has 0 aliphatic carbocycles. The first-order valence-electron chi connectivity index (χ1n) is 6.89. The molecule has 0 atom stereocenters. The number of nitriles is 1. The third kappa shape index (κ3) is 2.21. The predicted octanol–water partition coefficient (Wildman–Crippen LogP) is 1.23. The highest BCUT2D eigenvalue weighted by Gasteiger charge is 2.19. The molecule has 8 heteroatoms. The largest absolute Gasteiger partial charge is 0.339 e. The van der Waals surface area contributed by atoms with E-state index in [0.29, 0.717) is 5.56 Å². The lowest BCUT2D eigenvalue weighted by Gasteiger charge is -2.11. The SMILES string of the molecule is Cn1c(=O)c2c(=O)c(C#N)c(-c3ccc(Br)cc3)[nH]c2n(C)c1=O. The number of pyridine rings is 1. The summed E-state index contributed by atoms with van der Waals surface area (Å²) in [4.78, 5) is 40.0. The highest BCUT2D eigenvalue weighted by atomic mass is 79.9. The van der Waals surface area contributed by atoms with Crippen molar-refractivity contribution in [2.45, 2.75) is 0 Å². The maximum Gasteiger partial charge on any atom is 0.332 e. The highest BCUT2D eigenvalue weighted by Crippen LogP contribution is 2.22. The molecule has 3 rings (SSSR count). The van der Waals surface area contributed by atoms with Crippen molar-refractivity contribution in [1.29, 1.82) is 5.26 Å². The summed E-state index contributed by atoms with van der Waals surface area (Å²) in [6.45, 7) is 0. The number of benzene rings is 1. The third-order valence-electron chi connectivity index (χ3n) is 3.86. The summed E-state index contributed by atoms with van der Waals surface area (Å²) >= 11 is 3.32. The predicted molar refractivity (Wildman–Crippen MR) is 92.9 cm³/mol. The maximum absolute atomic E-state index is 12.7. The first-order valence-corrected chi connectivity index (χ1v) is 7.68. The van der Waals surface area contributed by atoms with Gasteiger partial charge >= 0.3 is 5.69 Å². The lowest BCUT2D eigenvalue weighted by molar-refractivity contribution is 0.707. The van der Waals surface area contributed by atoms with E-state index < -0.39 is 16.7 Å². The number of aromatic amines is 1. The van der Waals surface area contributed by atoms with Crippen molar-refractivity contribution in [1.82, 2.24) is 14.1 Å². The molecule has 0 aliphatic heterocycles. The van der Waals surface area contributed by atoms with E-state index in [1.165, 1.54) is 18.7 Å². The molecule has 1 N–H and O–H groups in total. The van der Waals surface area contributed by atoms with Gasteiger partial charge in [-0.3, -0.25) is 18.7 Å². The van der Waals surface area contributed by atoms with Crippen LogP contribution in [0.5, 0.6) is 0 Å². The Balaban J connectivity index is 2.57. The minimum Gasteiger partial charge on any atom is -0.339 e. The Morgan fingerprint density at radius 3 is 2.29 bits per heavy atom. The second-order valence-corrected chi connectivity index (χ2v) is 6.17. The molecule has 0 fully saturated rings. The Bertz CT molecular complexity index is 1190. The smallest absolute Gasteiger partial charge is 0.332 e. The van der Waals surface area contributed by atoms with Gasteiger partial charge in [0, 0.05) is 18.6 Å². The Hall–Kier alpha value is -2.92. The molecule has 0 spiro atoms. The minimum absolute atomic E-state index is 0.0880. The van der Waals surface area contributed by atoms with Crippen molar-refractivity contribution >= 4 is 27.0 Å². The van der Waals surface area contributed by atoms with E-state index in [0.717, 1.165) is 9.04 Å². The fraction of sp³-hybridized carbons (Fsp3) is 0.125. The first kappa shape index (κ1) is 16.0. The first-order chi connectivity index (χ1) is 11.4. The fourth-order valence-corrected chi connectivity index (χ4v) is 2.82. The van der Waals surface area contributed by atoms with Gasteiger partial charge in [-0.05, 0) is 17.7 Å². The van der Waals surface area contributed by atoms with Gasteiger partial charge in [0.25, 0.3) is 5.56 Å². The molecule has 0 saturated carbocycles. The number of hydrogen-bond acceptors (Lipinski definition) is 4. The molecule has 2 heterocycles. The second-order valence-electron chi connectivity index (χ2n) is 5.25. The minimum atomic E-state index is -0.729. The zero-order valence-corrected chi connectivity index (χ0v) is 14.3. The van der Waals surface area contributed by atoms with Gasteiger partial charge in [0.15, 0.2) is 0 Å². The average Bonchev–Trinajstić information content (AvgIpc) is 2.58. The zero-order chi connectivity index (χ0) is 17.6. The number of hydrogen-bond donors (Lipinski definition) is 1. The molecule has 120 valence electrons. The van der Waals surface area contributed by atoms with E-state index in [2.05, 4.69) is 20.9 Å². The standard InChI is InChI=1S/C16H11BrN4O3/c1-20-14-11(15(23)21(2)16(20)24)13(22)10(7-18)12(19-14)8-3-5-9(17)6-4-8/h3-6H,1-2H3,(H,19,22). The summed E-state index contributed by atoms with van der Waals surface area (Å²) in [5, 5.41) is 9.19. The molecule has 1 aromatic carbocycles. The number of aryl methyl sites for hydroxylation is 1. The molecule has 0 bridgehead atoms. The molecular formula is C16H11BrN4O3. The number of fused-ring (bicyclic) bond motifs is 1. The van der Waals surface area contributed by atoms with Gasteiger partial charge in [0.1, 0.15) is 22.7 Å². The molecule has 2 aromatic heterocycles. The van der Waals surface area contributed by atoms with Crippen LogP contribution in [-0.2, 0) is 14.1 Å². The molecule has 3 aromatic rings. The summed E-state index contributed by atoms with van der Waals surface area (Å²) in [6, 6.07) is 8.84. The van der Waals surface area contributed by atoms with Gasteiger partial charge in [-0.15, -0.1) is 0 Å². The van der Waals surface area contributed by atoms with Gasteiger partial charge in [-0.1, -0.05) is 28.1 Å². The average molecular weight is 387 g/mol. The van der Waals surface area contributed by atoms with Gasteiger partial charge in [0.05, 0.1) is 5.69 Å². The number of H-pyrrole nitrogens is 1. The van der Waals surface area contributed by atoms with E-state index in [1.54, 1.807) is 24.3 Å². The van der Waals surface area contributed by atoms with Gasteiger partial charge in [-0.25, -0.2) is 4.79 Å². The molecular weight excluding hydrogens is 376 g/mol. The van der Waals surface area contributed by atoms with Crippen LogP contribution >= 0.6 is 15.9 Å². The van der Waals surface area contributed by atoms with Crippen molar-refractivity contribution in [2.24, 2.45) is 14.1 Å².